The highest BCUT2D eigenvalue weighted by Gasteiger charge is 2.10. The molecule has 0 saturated heterocycles. The molecule has 0 aliphatic heterocycles. The molecule has 0 spiro atoms. The predicted molar refractivity (Wildman–Crippen MR) is 114 cm³/mol. The van der Waals surface area contributed by atoms with Crippen molar-refractivity contribution >= 4 is 50.1 Å². The van der Waals surface area contributed by atoms with Crippen molar-refractivity contribution in [3.63, 3.8) is 0 Å². The molecule has 28 heavy (non-hydrogen) atoms. The number of rotatable bonds is 4. The maximum atomic E-state index is 6.13. The summed E-state index contributed by atoms with van der Waals surface area (Å²) in [5.41, 5.74) is 4.06. The molecule has 4 rings (SSSR count). The van der Waals surface area contributed by atoms with Crippen molar-refractivity contribution in [2.75, 3.05) is 5.32 Å². The second-order valence-corrected chi connectivity index (χ2v) is 7.41. The Morgan fingerprint density at radius 3 is 2.64 bits per heavy atom. The number of nitrogens with one attached hydrogen (secondary N) is 1. The van der Waals surface area contributed by atoms with E-state index in [9.17, 15) is 0 Å². The molecule has 1 N–H and O–H groups in total. The van der Waals surface area contributed by atoms with E-state index in [4.69, 9.17) is 16.3 Å². The molecule has 0 atom stereocenters. The van der Waals surface area contributed by atoms with E-state index >= 15 is 0 Å². The van der Waals surface area contributed by atoms with Gasteiger partial charge in [0.1, 0.15) is 28.5 Å². The van der Waals surface area contributed by atoms with Crippen LogP contribution in [0.5, 0.6) is 11.5 Å². The summed E-state index contributed by atoms with van der Waals surface area (Å²) in [5.74, 6) is 2.03. The van der Waals surface area contributed by atoms with Crippen LogP contribution < -0.4 is 10.1 Å². The fourth-order valence-electron chi connectivity index (χ4n) is 2.65. The average molecular weight is 457 g/mol. The maximum Gasteiger partial charge on any atom is 0.160 e. The number of ether oxygens (including phenoxy) is 1. The second-order valence-electron chi connectivity index (χ2n) is 6.19. The number of hydrogen-bond donors (Lipinski definition) is 1. The summed E-state index contributed by atoms with van der Waals surface area (Å²) in [6.07, 6.45) is 3.20. The lowest BCUT2D eigenvalue weighted by Gasteiger charge is -2.12. The molecule has 4 aromatic rings. The topological polar surface area (TPSA) is 72.8 Å². The third-order valence-electron chi connectivity index (χ3n) is 4.07. The first-order valence-corrected chi connectivity index (χ1v) is 9.61. The van der Waals surface area contributed by atoms with E-state index in [0.717, 1.165) is 22.7 Å². The van der Waals surface area contributed by atoms with E-state index in [1.807, 2.05) is 50.2 Å². The lowest BCUT2D eigenvalue weighted by atomic mass is 10.2. The molecule has 3 heterocycles. The van der Waals surface area contributed by atoms with Gasteiger partial charge < -0.3 is 10.1 Å². The minimum Gasteiger partial charge on any atom is -0.455 e. The zero-order valence-electron chi connectivity index (χ0n) is 15.1. The van der Waals surface area contributed by atoms with Crippen LogP contribution in [-0.2, 0) is 0 Å². The Morgan fingerprint density at radius 1 is 1.04 bits per heavy atom. The van der Waals surface area contributed by atoms with E-state index in [0.29, 0.717) is 32.2 Å². The first-order chi connectivity index (χ1) is 13.5. The van der Waals surface area contributed by atoms with Gasteiger partial charge in [0.15, 0.2) is 5.82 Å². The fourth-order valence-corrected chi connectivity index (χ4v) is 3.10. The van der Waals surface area contributed by atoms with Crippen molar-refractivity contribution < 1.29 is 4.74 Å². The zero-order chi connectivity index (χ0) is 19.7. The molecule has 8 heteroatoms. The van der Waals surface area contributed by atoms with Gasteiger partial charge >= 0.3 is 0 Å². The number of aromatic nitrogens is 4. The van der Waals surface area contributed by atoms with Gasteiger partial charge in [-0.05, 0) is 71.7 Å². The molecule has 0 saturated carbocycles. The molecular weight excluding hydrogens is 442 g/mol. The summed E-state index contributed by atoms with van der Waals surface area (Å²) < 4.78 is 6.61. The first kappa shape index (κ1) is 18.6. The third kappa shape index (κ3) is 3.90. The SMILES string of the molecule is Cc1ccc(Oc2ccc(Nc3ncnc4cc(Br)c(Cl)nc34)cc2C)cn1. The van der Waals surface area contributed by atoms with Gasteiger partial charge in [0, 0.05) is 11.4 Å². The van der Waals surface area contributed by atoms with Gasteiger partial charge in [-0.2, -0.15) is 0 Å². The summed E-state index contributed by atoms with van der Waals surface area (Å²) in [5, 5.41) is 3.64. The van der Waals surface area contributed by atoms with Gasteiger partial charge in [-0.1, -0.05) is 11.6 Å². The molecule has 0 aliphatic carbocycles. The Labute approximate surface area is 175 Å². The second kappa shape index (κ2) is 7.69. The number of pyridine rings is 2. The van der Waals surface area contributed by atoms with Gasteiger partial charge in [0.05, 0.1) is 16.2 Å². The van der Waals surface area contributed by atoms with Crippen LogP contribution in [0.25, 0.3) is 11.0 Å². The van der Waals surface area contributed by atoms with Crippen LogP contribution in [0, 0.1) is 13.8 Å². The molecular formula is C20H15BrClN5O. The molecule has 0 radical (unpaired) electrons. The van der Waals surface area contributed by atoms with Crippen LogP contribution in [-0.4, -0.2) is 19.9 Å². The van der Waals surface area contributed by atoms with E-state index in [-0.39, 0.29) is 0 Å². The summed E-state index contributed by atoms with van der Waals surface area (Å²) in [6, 6.07) is 11.4. The van der Waals surface area contributed by atoms with Crippen LogP contribution >= 0.6 is 27.5 Å². The number of halogens is 2. The van der Waals surface area contributed by atoms with Gasteiger partial charge in [0.25, 0.3) is 0 Å². The number of benzene rings is 1. The van der Waals surface area contributed by atoms with Crippen LogP contribution in [0.15, 0.2) is 53.4 Å². The largest absolute Gasteiger partial charge is 0.455 e. The van der Waals surface area contributed by atoms with Crippen LogP contribution in [0.4, 0.5) is 11.5 Å². The highest BCUT2D eigenvalue weighted by atomic mass is 79.9. The number of hydrogen-bond acceptors (Lipinski definition) is 6. The minimum absolute atomic E-state index is 0.358. The van der Waals surface area contributed by atoms with Crippen molar-refractivity contribution in [2.24, 2.45) is 0 Å². The Balaban J connectivity index is 1.61. The molecule has 6 nitrogen and oxygen atoms in total. The molecule has 3 aromatic heterocycles. The van der Waals surface area contributed by atoms with E-state index in [2.05, 4.69) is 41.2 Å². The summed E-state index contributed by atoms with van der Waals surface area (Å²) in [6.45, 7) is 3.92. The van der Waals surface area contributed by atoms with Crippen molar-refractivity contribution in [2.45, 2.75) is 13.8 Å². The quantitative estimate of drug-likeness (QED) is 0.380. The van der Waals surface area contributed by atoms with Crippen molar-refractivity contribution in [3.8, 4) is 11.5 Å². The lowest BCUT2D eigenvalue weighted by molar-refractivity contribution is 0.476. The van der Waals surface area contributed by atoms with Crippen molar-refractivity contribution in [3.05, 3.63) is 69.8 Å². The van der Waals surface area contributed by atoms with Gasteiger partial charge in [-0.15, -0.1) is 0 Å². The van der Waals surface area contributed by atoms with E-state index in [1.54, 1.807) is 6.20 Å². The molecule has 1 aromatic carbocycles. The summed E-state index contributed by atoms with van der Waals surface area (Å²) in [4.78, 5) is 17.2. The molecule has 0 unspecified atom stereocenters. The smallest absolute Gasteiger partial charge is 0.160 e. The molecule has 0 amide bonds. The highest BCUT2D eigenvalue weighted by molar-refractivity contribution is 9.10. The van der Waals surface area contributed by atoms with Crippen molar-refractivity contribution in [1.82, 2.24) is 19.9 Å². The van der Waals surface area contributed by atoms with Gasteiger partial charge in [0.2, 0.25) is 0 Å². The number of aryl methyl sites for hydroxylation is 2. The normalized spacial score (nSPS) is 10.9. The maximum absolute atomic E-state index is 6.13. The predicted octanol–water partition coefficient (Wildman–Crippen LogP) is 5.99. The summed E-state index contributed by atoms with van der Waals surface area (Å²) >= 11 is 9.50. The van der Waals surface area contributed by atoms with Crippen LogP contribution in [0.3, 0.4) is 0 Å². The Morgan fingerprint density at radius 2 is 1.89 bits per heavy atom. The molecule has 0 bridgehead atoms. The lowest BCUT2D eigenvalue weighted by Crippen LogP contribution is -1.99. The Kier molecular flexibility index (Phi) is 5.11. The molecule has 0 fully saturated rings. The van der Waals surface area contributed by atoms with Gasteiger partial charge in [-0.25, -0.2) is 15.0 Å². The summed E-state index contributed by atoms with van der Waals surface area (Å²) in [7, 11) is 0. The van der Waals surface area contributed by atoms with Crippen molar-refractivity contribution in [1.29, 1.82) is 0 Å². The van der Waals surface area contributed by atoms with Gasteiger partial charge in [-0.3, -0.25) is 4.98 Å². The average Bonchev–Trinajstić information content (AvgIpc) is 2.67. The number of nitrogens with zero attached hydrogens (tertiary/aromatic N) is 4. The standard InChI is InChI=1S/C20H15BrClN5O/c1-11-7-13(4-6-17(11)28-14-5-3-12(2)23-9-14)26-20-18-16(24-10-25-20)8-15(21)19(22)27-18/h3-10H,1-2H3,(H,24,25,26). The van der Waals surface area contributed by atoms with Crippen LogP contribution in [0.1, 0.15) is 11.3 Å². The minimum atomic E-state index is 0.358. The monoisotopic (exact) mass is 455 g/mol. The Hall–Kier alpha value is -2.77. The third-order valence-corrected chi connectivity index (χ3v) is 5.19. The van der Waals surface area contributed by atoms with Crippen LogP contribution in [0.2, 0.25) is 5.15 Å². The highest BCUT2D eigenvalue weighted by Crippen LogP contribution is 2.31. The molecule has 0 aliphatic rings. The Bertz CT molecular complexity index is 1170. The van der Waals surface area contributed by atoms with E-state index in [1.165, 1.54) is 6.33 Å². The zero-order valence-corrected chi connectivity index (χ0v) is 17.4. The first-order valence-electron chi connectivity index (χ1n) is 8.44. The number of anilines is 2. The fraction of sp³-hybridized carbons (Fsp3) is 0.100. The number of fused-ring (bicyclic) bond motifs is 1. The molecule has 140 valence electrons. The van der Waals surface area contributed by atoms with E-state index < -0.39 is 0 Å².